The van der Waals surface area contributed by atoms with Crippen molar-refractivity contribution in [3.63, 3.8) is 0 Å². The first-order chi connectivity index (χ1) is 24.4. The Morgan fingerprint density at radius 2 is 1.73 bits per heavy atom. The van der Waals surface area contributed by atoms with Crippen LogP contribution in [0.25, 0.3) is 5.57 Å². The number of halogens is 1. The molecule has 12 heteroatoms. The molecule has 1 aliphatic rings. The van der Waals surface area contributed by atoms with E-state index in [-0.39, 0.29) is 25.5 Å². The minimum absolute atomic E-state index is 0.0457. The molecule has 1 fully saturated rings. The van der Waals surface area contributed by atoms with Crippen LogP contribution < -0.4 is 0 Å². The molecule has 0 bridgehead atoms. The van der Waals surface area contributed by atoms with E-state index in [2.05, 4.69) is 31.8 Å². The Labute approximate surface area is 310 Å². The highest BCUT2D eigenvalue weighted by Gasteiger charge is 2.52. The molecule has 10 nitrogen and oxygen atoms in total. The number of carbonyl (C=O) groups is 1. The quantitative estimate of drug-likeness (QED) is 0.0545. The number of rotatable bonds is 14. The monoisotopic (exact) mass is 718 g/mol. The van der Waals surface area contributed by atoms with Gasteiger partial charge < -0.3 is 35.3 Å². The lowest BCUT2D eigenvalue weighted by molar-refractivity contribution is -0.367. The van der Waals surface area contributed by atoms with Crippen molar-refractivity contribution in [1.82, 2.24) is 9.80 Å². The van der Waals surface area contributed by atoms with E-state index in [1.165, 1.54) is 16.5 Å². The summed E-state index contributed by atoms with van der Waals surface area (Å²) < 4.78 is 14.8. The number of aliphatic imine (C=N–C) groups is 1. The van der Waals surface area contributed by atoms with Crippen molar-refractivity contribution in [2.75, 3.05) is 19.6 Å². The topological polar surface area (TPSA) is 161 Å². The van der Waals surface area contributed by atoms with Crippen LogP contribution in [-0.2, 0) is 4.79 Å². The minimum atomic E-state index is -3.75. The van der Waals surface area contributed by atoms with Crippen LogP contribution in [0.15, 0.2) is 94.3 Å². The van der Waals surface area contributed by atoms with Crippen LogP contribution in [0.5, 0.6) is 0 Å². The van der Waals surface area contributed by atoms with E-state index in [9.17, 15) is 34.7 Å². The molecule has 0 saturated carbocycles. The zero-order valence-electron chi connectivity index (χ0n) is 31.8. The maximum atomic E-state index is 14.8. The molecular formula is C40H56BFN4O6. The van der Waals surface area contributed by atoms with Gasteiger partial charge in [-0.25, -0.2) is 4.39 Å². The van der Waals surface area contributed by atoms with Gasteiger partial charge in [-0.15, -0.1) is 0 Å². The maximum Gasteiger partial charge on any atom is 0.292 e. The van der Waals surface area contributed by atoms with E-state index in [0.717, 1.165) is 42.5 Å². The fourth-order valence-electron chi connectivity index (χ4n) is 5.80. The number of hydrogen-bond acceptors (Lipinski definition) is 9. The number of carbonyl (C=O) groups excluding carboxylic acids is 1. The minimum Gasteiger partial charge on any atom is -0.374 e. The average molecular weight is 719 g/mol. The van der Waals surface area contributed by atoms with Gasteiger partial charge >= 0.3 is 0 Å². The molecule has 2 rings (SSSR count). The van der Waals surface area contributed by atoms with Crippen molar-refractivity contribution in [1.29, 1.82) is 5.26 Å². The zero-order chi connectivity index (χ0) is 39.6. The van der Waals surface area contributed by atoms with Crippen LogP contribution in [0.4, 0.5) is 4.39 Å². The third kappa shape index (κ3) is 14.1. The van der Waals surface area contributed by atoms with Gasteiger partial charge in [-0.3, -0.25) is 9.79 Å². The summed E-state index contributed by atoms with van der Waals surface area (Å²) in [6.07, 6.45) is 17.2. The van der Waals surface area contributed by atoms with E-state index >= 15 is 0 Å². The van der Waals surface area contributed by atoms with Gasteiger partial charge in [0.05, 0.1) is 11.6 Å². The van der Waals surface area contributed by atoms with E-state index in [1.807, 2.05) is 69.1 Å². The first-order valence-corrected chi connectivity index (χ1v) is 17.6. The molecule has 2 atom stereocenters. The molecule has 5 N–H and O–H groups in total. The van der Waals surface area contributed by atoms with Crippen molar-refractivity contribution < 1.29 is 34.7 Å². The molecule has 1 heterocycles. The highest BCUT2D eigenvalue weighted by atomic mass is 19.1. The lowest BCUT2D eigenvalue weighted by atomic mass is 9.79. The molecule has 0 spiro atoms. The van der Waals surface area contributed by atoms with Crippen LogP contribution in [0.1, 0.15) is 86.6 Å². The van der Waals surface area contributed by atoms with Gasteiger partial charge in [0.2, 0.25) is 5.91 Å². The number of allylic oxidation sites excluding steroid dienone is 11. The van der Waals surface area contributed by atoms with E-state index in [0.29, 0.717) is 16.8 Å². The normalized spacial score (nSPS) is 17.9. The molecule has 1 saturated heterocycles. The second kappa shape index (κ2) is 22.1. The number of amides is 1. The first kappa shape index (κ1) is 45.9. The van der Waals surface area contributed by atoms with Crippen molar-refractivity contribution in [3.8, 4) is 6.07 Å². The highest BCUT2D eigenvalue weighted by molar-refractivity contribution is 6.15. The standard InChI is InChI=1S/C27H37BFN3O6.C13H19N/c1-6-8-13-30-18(4)23(20(7-2)21-11-9-10-12-22(21)29)19(5)31-14-15-32(17(3)16-31)25(33)24(26(28,34)35)27(36,37)38;1-4-6-7-9-13(11-14)10-12(3)8-5-2/h7-13,17,24,34-38H,6,14-16H2,1-5H3;6-7,9-10H,4-5,8H2,1-3H3/b13-8+,20-7-,23-19-,30-18+;7-6+,12-10+,13-9+. The summed E-state index contributed by atoms with van der Waals surface area (Å²) in [5, 5.41) is 57.0. The number of hydrogen-bond donors (Lipinski definition) is 5. The Bertz CT molecular complexity index is 1580. The summed E-state index contributed by atoms with van der Waals surface area (Å²) in [5.74, 6) is -7.79. The van der Waals surface area contributed by atoms with Gasteiger partial charge in [-0.2, -0.15) is 5.26 Å². The van der Waals surface area contributed by atoms with Crippen molar-refractivity contribution in [2.24, 2.45) is 10.9 Å². The summed E-state index contributed by atoms with van der Waals surface area (Å²) in [7, 11) is 5.14. The predicted molar refractivity (Wildman–Crippen MR) is 206 cm³/mol. The number of nitrogens with zero attached hydrogens (tertiary/aromatic N) is 4. The summed E-state index contributed by atoms with van der Waals surface area (Å²) >= 11 is 0. The zero-order valence-corrected chi connectivity index (χ0v) is 31.8. The second-order valence-electron chi connectivity index (χ2n) is 12.7. The number of benzene rings is 1. The Morgan fingerprint density at radius 3 is 2.23 bits per heavy atom. The highest BCUT2D eigenvalue weighted by Crippen LogP contribution is 2.32. The predicted octanol–water partition coefficient (Wildman–Crippen LogP) is 5.62. The van der Waals surface area contributed by atoms with Crippen molar-refractivity contribution in [2.45, 2.75) is 98.8 Å². The van der Waals surface area contributed by atoms with Crippen LogP contribution in [0, 0.1) is 23.1 Å². The molecule has 52 heavy (non-hydrogen) atoms. The number of aliphatic hydroxyl groups is 5. The molecule has 1 aromatic carbocycles. The van der Waals surface area contributed by atoms with Gasteiger partial charge in [0.1, 0.15) is 11.5 Å². The fraction of sp³-hybridized carbons (Fsp3) is 0.475. The van der Waals surface area contributed by atoms with Gasteiger partial charge in [-0.05, 0) is 77.7 Å². The molecule has 0 aliphatic carbocycles. The van der Waals surface area contributed by atoms with E-state index < -0.39 is 29.5 Å². The van der Waals surface area contributed by atoms with Crippen molar-refractivity contribution in [3.05, 3.63) is 101 Å². The first-order valence-electron chi connectivity index (χ1n) is 17.6. The third-order valence-corrected chi connectivity index (χ3v) is 8.32. The van der Waals surface area contributed by atoms with Gasteiger partial charge in [-0.1, -0.05) is 75.3 Å². The molecule has 282 valence electrons. The maximum absolute atomic E-state index is 14.8. The van der Waals surface area contributed by atoms with Crippen LogP contribution >= 0.6 is 0 Å². The van der Waals surface area contributed by atoms with E-state index in [1.54, 1.807) is 31.3 Å². The Hall–Kier alpha value is -4.12. The summed E-state index contributed by atoms with van der Waals surface area (Å²) in [6.45, 7) is 16.1. The largest absolute Gasteiger partial charge is 0.374 e. The smallest absolute Gasteiger partial charge is 0.292 e. The Morgan fingerprint density at radius 1 is 1.10 bits per heavy atom. The van der Waals surface area contributed by atoms with Gasteiger partial charge in [0.25, 0.3) is 5.97 Å². The summed E-state index contributed by atoms with van der Waals surface area (Å²) in [6, 6.07) is 8.09. The SMILES string of the molecule is CC/C=C/C=C(C#N)\C=C(/C)CCC.[B]C(O)(O)C(C(=O)N1CCN(/C(C)=C(C(=C/C)\c2ccccc2F)/C(C)=N/C=C/CC)CC1C)C(O)(O)O. The molecule has 1 amide bonds. The molecule has 1 aliphatic heterocycles. The molecule has 2 unspecified atom stereocenters. The Kier molecular flexibility index (Phi) is 19.5. The van der Waals surface area contributed by atoms with Crippen molar-refractivity contribution >= 4 is 25.0 Å². The third-order valence-electron chi connectivity index (χ3n) is 8.32. The lowest BCUT2D eigenvalue weighted by Gasteiger charge is -2.45. The lowest BCUT2D eigenvalue weighted by Crippen LogP contribution is -2.63. The number of nitriles is 1. The second-order valence-corrected chi connectivity index (χ2v) is 12.7. The van der Waals surface area contributed by atoms with Crippen LogP contribution in [0.2, 0.25) is 0 Å². The molecule has 1 aromatic rings. The fourth-order valence-corrected chi connectivity index (χ4v) is 5.80. The van der Waals surface area contributed by atoms with E-state index in [4.69, 9.17) is 13.1 Å². The van der Waals surface area contributed by atoms with Gasteiger partial charge in [0.15, 0.2) is 13.8 Å². The van der Waals surface area contributed by atoms with Gasteiger partial charge in [0, 0.05) is 54.4 Å². The molecule has 2 radical (unpaired) electrons. The van der Waals surface area contributed by atoms with Crippen LogP contribution in [-0.4, -0.2) is 92.1 Å². The number of piperazine rings is 1. The molecular weight excluding hydrogens is 662 g/mol. The average Bonchev–Trinajstić information content (AvgIpc) is 3.06. The molecule has 0 aromatic heterocycles. The summed E-state index contributed by atoms with van der Waals surface area (Å²) in [5.41, 5.74) is 1.85. The van der Waals surface area contributed by atoms with Crippen LogP contribution in [0.3, 0.4) is 0 Å². The summed E-state index contributed by atoms with van der Waals surface area (Å²) in [4.78, 5) is 20.7. The Balaban J connectivity index is 0.000000813.